The fraction of sp³-hybridized carbons (Fsp3) is 0.762. The molecule has 0 bridgehead atoms. The fourth-order valence-electron chi connectivity index (χ4n) is 6.99. The third-order valence-electron chi connectivity index (χ3n) is 8.03. The van der Waals surface area contributed by atoms with Crippen LogP contribution in [0.4, 0.5) is 0 Å². The molecule has 0 aromatic carbocycles. The van der Waals surface area contributed by atoms with Gasteiger partial charge in [-0.1, -0.05) is 31.6 Å². The molecule has 4 rings (SSSR count). The molecule has 0 aromatic rings. The molecule has 23 heavy (non-hydrogen) atoms. The minimum Gasteiger partial charge on any atom is -0.396 e. The highest BCUT2D eigenvalue weighted by atomic mass is 16.3. The molecule has 2 nitrogen and oxygen atoms in total. The van der Waals surface area contributed by atoms with E-state index in [1.165, 1.54) is 24.0 Å². The standard InChI is InChI=1S/C21H30O2/c1-12-9-18-20-13(2)8-14-10-15(23)4-5-16(14)17(20)6-7-21(18,3)19(12)11-22/h10,13,16-20,22H,1,4-9,11H2,2-3H3/t13-,16+,17-,18-,19-,20-,21+/m1/s1. The van der Waals surface area contributed by atoms with Crippen molar-refractivity contribution in [3.05, 3.63) is 23.8 Å². The van der Waals surface area contributed by atoms with Gasteiger partial charge in [0.25, 0.3) is 0 Å². The Morgan fingerprint density at radius 2 is 2.13 bits per heavy atom. The van der Waals surface area contributed by atoms with Gasteiger partial charge in [0.1, 0.15) is 0 Å². The molecule has 0 unspecified atom stereocenters. The summed E-state index contributed by atoms with van der Waals surface area (Å²) in [6.07, 6.45) is 8.51. The van der Waals surface area contributed by atoms with E-state index >= 15 is 0 Å². The molecule has 4 aliphatic rings. The normalized spacial score (nSPS) is 49.3. The van der Waals surface area contributed by atoms with Crippen molar-refractivity contribution < 1.29 is 9.90 Å². The van der Waals surface area contributed by atoms with E-state index in [9.17, 15) is 9.90 Å². The molecule has 0 aliphatic heterocycles. The predicted molar refractivity (Wildman–Crippen MR) is 91.7 cm³/mol. The molecule has 0 saturated heterocycles. The number of rotatable bonds is 1. The maximum atomic E-state index is 11.8. The Morgan fingerprint density at radius 1 is 1.35 bits per heavy atom. The van der Waals surface area contributed by atoms with Gasteiger partial charge in [-0.05, 0) is 73.2 Å². The predicted octanol–water partition coefficient (Wildman–Crippen LogP) is 4.15. The van der Waals surface area contributed by atoms with Crippen molar-refractivity contribution in [3.8, 4) is 0 Å². The lowest BCUT2D eigenvalue weighted by atomic mass is 9.49. The van der Waals surface area contributed by atoms with Crippen molar-refractivity contribution in [1.82, 2.24) is 0 Å². The topological polar surface area (TPSA) is 37.3 Å². The van der Waals surface area contributed by atoms with Gasteiger partial charge >= 0.3 is 0 Å². The zero-order valence-corrected chi connectivity index (χ0v) is 14.6. The average Bonchev–Trinajstić information content (AvgIpc) is 2.76. The van der Waals surface area contributed by atoms with Crippen LogP contribution in [0.15, 0.2) is 23.8 Å². The zero-order chi connectivity index (χ0) is 16.4. The Balaban J connectivity index is 1.69. The number of hydrogen-bond acceptors (Lipinski definition) is 2. The van der Waals surface area contributed by atoms with Crippen LogP contribution in [0.5, 0.6) is 0 Å². The lowest BCUT2D eigenvalue weighted by Crippen LogP contribution is -2.49. The summed E-state index contributed by atoms with van der Waals surface area (Å²) in [5.74, 6) is 4.13. The molecule has 0 amide bonds. The molecular weight excluding hydrogens is 284 g/mol. The van der Waals surface area contributed by atoms with E-state index in [1.807, 2.05) is 6.08 Å². The van der Waals surface area contributed by atoms with Crippen LogP contribution in [0.1, 0.15) is 52.4 Å². The Kier molecular flexibility index (Phi) is 3.61. The van der Waals surface area contributed by atoms with Crippen LogP contribution < -0.4 is 0 Å². The number of aliphatic hydroxyl groups excluding tert-OH is 1. The first-order valence-corrected chi connectivity index (χ1v) is 9.47. The minimum absolute atomic E-state index is 0.243. The summed E-state index contributed by atoms with van der Waals surface area (Å²) in [6, 6.07) is 0. The Morgan fingerprint density at radius 3 is 2.87 bits per heavy atom. The van der Waals surface area contributed by atoms with Crippen molar-refractivity contribution in [2.75, 3.05) is 6.61 Å². The maximum Gasteiger partial charge on any atom is 0.155 e. The monoisotopic (exact) mass is 314 g/mol. The number of carbonyl (C=O) groups is 1. The van der Waals surface area contributed by atoms with E-state index in [1.54, 1.807) is 0 Å². The van der Waals surface area contributed by atoms with E-state index in [0.717, 1.165) is 37.5 Å². The van der Waals surface area contributed by atoms with E-state index in [4.69, 9.17) is 0 Å². The summed E-state index contributed by atoms with van der Waals surface area (Å²) in [6.45, 7) is 9.39. The highest BCUT2D eigenvalue weighted by Gasteiger charge is 2.58. The quantitative estimate of drug-likeness (QED) is 0.738. The molecular formula is C21H30O2. The van der Waals surface area contributed by atoms with Gasteiger partial charge in [-0.2, -0.15) is 0 Å². The summed E-state index contributed by atoms with van der Waals surface area (Å²) >= 11 is 0. The van der Waals surface area contributed by atoms with Gasteiger partial charge in [0.15, 0.2) is 5.78 Å². The Labute approximate surface area is 140 Å². The fourth-order valence-corrected chi connectivity index (χ4v) is 6.99. The molecule has 7 atom stereocenters. The van der Waals surface area contributed by atoms with Gasteiger partial charge in [0.05, 0.1) is 6.61 Å². The van der Waals surface area contributed by atoms with Crippen LogP contribution in [-0.4, -0.2) is 17.5 Å². The molecule has 126 valence electrons. The van der Waals surface area contributed by atoms with Gasteiger partial charge in [-0.15, -0.1) is 0 Å². The number of aliphatic hydroxyl groups is 1. The highest BCUT2D eigenvalue weighted by molar-refractivity contribution is 5.91. The van der Waals surface area contributed by atoms with E-state index < -0.39 is 0 Å². The molecule has 0 spiro atoms. The second-order valence-corrected chi connectivity index (χ2v) is 9.00. The van der Waals surface area contributed by atoms with Crippen LogP contribution >= 0.6 is 0 Å². The smallest absolute Gasteiger partial charge is 0.155 e. The summed E-state index contributed by atoms with van der Waals surface area (Å²) in [4.78, 5) is 11.8. The number of carbonyl (C=O) groups excluding carboxylic acids is 1. The highest BCUT2D eigenvalue weighted by Crippen LogP contribution is 2.65. The second kappa shape index (κ2) is 5.31. The lowest BCUT2D eigenvalue weighted by Gasteiger charge is -2.56. The van der Waals surface area contributed by atoms with Crippen LogP contribution in [0.2, 0.25) is 0 Å². The first-order chi connectivity index (χ1) is 11.0. The van der Waals surface area contributed by atoms with Gasteiger partial charge in [-0.25, -0.2) is 0 Å². The third-order valence-corrected chi connectivity index (χ3v) is 8.03. The molecule has 0 aromatic heterocycles. The number of hydrogen-bond donors (Lipinski definition) is 1. The molecule has 0 radical (unpaired) electrons. The zero-order valence-electron chi connectivity index (χ0n) is 14.6. The summed E-state index contributed by atoms with van der Waals surface area (Å²) in [7, 11) is 0. The number of fused-ring (bicyclic) bond motifs is 5. The molecule has 2 heteroatoms. The summed E-state index contributed by atoms with van der Waals surface area (Å²) in [5, 5.41) is 9.91. The van der Waals surface area contributed by atoms with E-state index in [-0.39, 0.29) is 12.0 Å². The number of ketones is 1. The van der Waals surface area contributed by atoms with Crippen LogP contribution in [-0.2, 0) is 4.79 Å². The SMILES string of the molecule is C=C1C[C@@H]2[C@H]3[C@H](CC[C@]2(C)[C@@H]1CO)[C@H]1CCC(=O)C=C1C[C@H]3C. The average molecular weight is 314 g/mol. The first-order valence-electron chi connectivity index (χ1n) is 9.47. The summed E-state index contributed by atoms with van der Waals surface area (Å²) < 4.78 is 0. The molecule has 0 heterocycles. The largest absolute Gasteiger partial charge is 0.396 e. The maximum absolute atomic E-state index is 11.8. The summed E-state index contributed by atoms with van der Waals surface area (Å²) in [5.41, 5.74) is 2.98. The van der Waals surface area contributed by atoms with Gasteiger partial charge in [0, 0.05) is 12.3 Å². The van der Waals surface area contributed by atoms with E-state index in [0.29, 0.717) is 29.5 Å². The number of allylic oxidation sites excluding steroid dienone is 1. The van der Waals surface area contributed by atoms with Crippen molar-refractivity contribution in [2.24, 2.45) is 40.9 Å². The van der Waals surface area contributed by atoms with Crippen LogP contribution in [0.3, 0.4) is 0 Å². The van der Waals surface area contributed by atoms with Crippen molar-refractivity contribution >= 4 is 5.78 Å². The third kappa shape index (κ3) is 2.13. The molecule has 3 fully saturated rings. The minimum atomic E-state index is 0.243. The van der Waals surface area contributed by atoms with Crippen molar-refractivity contribution in [2.45, 2.75) is 52.4 Å². The van der Waals surface area contributed by atoms with Crippen LogP contribution in [0.25, 0.3) is 0 Å². The van der Waals surface area contributed by atoms with Crippen molar-refractivity contribution in [3.63, 3.8) is 0 Å². The van der Waals surface area contributed by atoms with Crippen LogP contribution in [0, 0.1) is 40.9 Å². The van der Waals surface area contributed by atoms with Gasteiger partial charge in [-0.3, -0.25) is 4.79 Å². The Hall–Kier alpha value is -0.890. The molecule has 3 saturated carbocycles. The van der Waals surface area contributed by atoms with Gasteiger partial charge in [0.2, 0.25) is 0 Å². The second-order valence-electron chi connectivity index (χ2n) is 9.00. The molecule has 4 aliphatic carbocycles. The first kappa shape index (κ1) is 15.6. The Bertz CT molecular complexity index is 574. The van der Waals surface area contributed by atoms with Crippen molar-refractivity contribution in [1.29, 1.82) is 0 Å². The van der Waals surface area contributed by atoms with E-state index in [2.05, 4.69) is 20.4 Å². The molecule has 1 N–H and O–H groups in total. The van der Waals surface area contributed by atoms with Gasteiger partial charge < -0.3 is 5.11 Å². The lowest BCUT2D eigenvalue weighted by molar-refractivity contribution is -0.116.